The highest BCUT2D eigenvalue weighted by Crippen LogP contribution is 2.06. The highest BCUT2D eigenvalue weighted by atomic mass is 15.4. The molecule has 1 heterocycles. The van der Waals surface area contributed by atoms with Crippen LogP contribution in [-0.4, -0.2) is 21.3 Å². The average Bonchev–Trinajstić information content (AvgIpc) is 2.76. The molecule has 0 saturated heterocycles. The third kappa shape index (κ3) is 2.22. The Kier molecular flexibility index (Phi) is 2.78. The fourth-order valence-electron chi connectivity index (χ4n) is 1.21. The molecule has 0 fully saturated rings. The summed E-state index contributed by atoms with van der Waals surface area (Å²) >= 11 is 0. The summed E-state index contributed by atoms with van der Waals surface area (Å²) in [5, 5.41) is 7.29. The van der Waals surface area contributed by atoms with Crippen LogP contribution in [0.25, 0.3) is 5.69 Å². The highest BCUT2D eigenvalue weighted by Gasteiger charge is 1.99. The minimum absolute atomic E-state index is 0.610. The van der Waals surface area contributed by atoms with E-state index < -0.39 is 0 Å². The van der Waals surface area contributed by atoms with Crippen molar-refractivity contribution in [2.75, 3.05) is 11.9 Å². The van der Waals surface area contributed by atoms with Gasteiger partial charge in [-0.05, 0) is 12.1 Å². The number of nitrogens with zero attached hydrogens (tertiary/aromatic N) is 3. The molecule has 4 heteroatoms. The lowest BCUT2D eigenvalue weighted by molar-refractivity contribution is 0.879. The molecule has 15 heavy (non-hydrogen) atoms. The molecule has 0 spiro atoms. The molecule has 0 aliphatic heterocycles. The van der Waals surface area contributed by atoms with E-state index in [1.165, 1.54) is 0 Å². The largest absolute Gasteiger partial charge is 0.349 e. The van der Waals surface area contributed by atoms with Gasteiger partial charge in [-0.2, -0.15) is 0 Å². The Hall–Kier alpha value is -2.10. The second kappa shape index (κ2) is 4.41. The molecule has 0 atom stereocenters. The first-order valence-corrected chi connectivity index (χ1v) is 4.72. The van der Waals surface area contributed by atoms with E-state index >= 15 is 0 Å². The van der Waals surface area contributed by atoms with E-state index in [2.05, 4.69) is 22.0 Å². The molecule has 2 aromatic rings. The summed E-state index contributed by atoms with van der Waals surface area (Å²) in [6, 6.07) is 9.86. The summed E-state index contributed by atoms with van der Waals surface area (Å²) in [6.07, 6.45) is 3.45. The van der Waals surface area contributed by atoms with Gasteiger partial charge in [-0.3, -0.25) is 0 Å². The monoisotopic (exact) mass is 200 g/mol. The van der Waals surface area contributed by atoms with Crippen molar-refractivity contribution in [3.63, 3.8) is 0 Å². The quantitative estimate of drug-likeness (QED) is 0.766. The second-order valence-electron chi connectivity index (χ2n) is 3.02. The van der Waals surface area contributed by atoms with Gasteiger partial charge in [-0.25, -0.2) is 9.67 Å². The van der Waals surface area contributed by atoms with Crippen molar-refractivity contribution < 1.29 is 0 Å². The molecule has 4 nitrogen and oxygen atoms in total. The van der Waals surface area contributed by atoms with E-state index in [1.54, 1.807) is 17.1 Å². The van der Waals surface area contributed by atoms with Crippen molar-refractivity contribution in [2.24, 2.45) is 0 Å². The lowest BCUT2D eigenvalue weighted by atomic mass is 10.3. The third-order valence-electron chi connectivity index (χ3n) is 1.92. The number of nitrogens with one attached hydrogen (secondary N) is 1. The fraction of sp³-hybridized carbons (Fsp3) is 0.0909. The predicted molar refractivity (Wildman–Crippen MR) is 60.0 cm³/mol. The first-order valence-electron chi connectivity index (χ1n) is 4.72. The molecule has 1 N–H and O–H groups in total. The van der Waals surface area contributed by atoms with Crippen LogP contribution in [0.1, 0.15) is 0 Å². The molecule has 0 aliphatic carbocycles. The Morgan fingerprint density at radius 2 is 2.13 bits per heavy atom. The molecule has 1 aromatic heterocycles. The lowest BCUT2D eigenvalue weighted by Crippen LogP contribution is -2.01. The Morgan fingerprint density at radius 1 is 1.33 bits per heavy atom. The molecule has 0 radical (unpaired) electrons. The highest BCUT2D eigenvalue weighted by molar-refractivity contribution is 5.32. The topological polar surface area (TPSA) is 42.7 Å². The summed E-state index contributed by atoms with van der Waals surface area (Å²) in [7, 11) is 0. The van der Waals surface area contributed by atoms with E-state index in [-0.39, 0.29) is 0 Å². The summed E-state index contributed by atoms with van der Waals surface area (Å²) in [4.78, 5) is 4.12. The Morgan fingerprint density at radius 3 is 2.87 bits per heavy atom. The summed E-state index contributed by atoms with van der Waals surface area (Å²) < 4.78 is 1.73. The minimum atomic E-state index is 0.610. The van der Waals surface area contributed by atoms with E-state index in [9.17, 15) is 0 Å². The normalized spacial score (nSPS) is 9.87. The molecule has 1 aromatic carbocycles. The Labute approximate surface area is 88.3 Å². The molecular weight excluding hydrogens is 188 g/mol. The minimum Gasteiger partial charge on any atom is -0.349 e. The van der Waals surface area contributed by atoms with Crippen LogP contribution in [-0.2, 0) is 0 Å². The van der Waals surface area contributed by atoms with Crippen LogP contribution in [0.4, 0.5) is 5.95 Å². The van der Waals surface area contributed by atoms with Crippen LogP contribution in [0.5, 0.6) is 0 Å². The first kappa shape index (κ1) is 9.45. The van der Waals surface area contributed by atoms with Gasteiger partial charge in [0.15, 0.2) is 0 Å². The Bertz CT molecular complexity index is 433. The number of anilines is 1. The third-order valence-corrected chi connectivity index (χ3v) is 1.92. The zero-order chi connectivity index (χ0) is 10.5. The Balaban J connectivity index is 2.17. The molecule has 0 saturated carbocycles. The van der Waals surface area contributed by atoms with Gasteiger partial charge < -0.3 is 5.32 Å². The summed E-state index contributed by atoms with van der Waals surface area (Å²) in [6.45, 7) is 4.28. The zero-order valence-corrected chi connectivity index (χ0v) is 8.30. The summed E-state index contributed by atoms with van der Waals surface area (Å²) in [5.41, 5.74) is 0.997. The van der Waals surface area contributed by atoms with Gasteiger partial charge in [-0.15, -0.1) is 11.7 Å². The maximum Gasteiger partial charge on any atom is 0.242 e. The van der Waals surface area contributed by atoms with E-state index in [0.29, 0.717) is 12.5 Å². The van der Waals surface area contributed by atoms with Crippen molar-refractivity contribution in [3.8, 4) is 5.69 Å². The number of benzene rings is 1. The van der Waals surface area contributed by atoms with Gasteiger partial charge in [0.25, 0.3) is 0 Å². The maximum absolute atomic E-state index is 4.26. The van der Waals surface area contributed by atoms with E-state index in [4.69, 9.17) is 0 Å². The number of aromatic nitrogens is 3. The SMILES string of the molecule is C=CCNc1ncn(-c2ccccc2)n1. The van der Waals surface area contributed by atoms with E-state index in [0.717, 1.165) is 5.69 Å². The molecule has 2 rings (SSSR count). The van der Waals surface area contributed by atoms with Crippen LogP contribution in [0.3, 0.4) is 0 Å². The summed E-state index contributed by atoms with van der Waals surface area (Å²) in [5.74, 6) is 0.610. The fourth-order valence-corrected chi connectivity index (χ4v) is 1.21. The van der Waals surface area contributed by atoms with Gasteiger partial charge in [-0.1, -0.05) is 24.3 Å². The van der Waals surface area contributed by atoms with Gasteiger partial charge in [0.2, 0.25) is 5.95 Å². The van der Waals surface area contributed by atoms with Crippen LogP contribution in [0.15, 0.2) is 49.3 Å². The zero-order valence-electron chi connectivity index (χ0n) is 8.30. The molecule has 76 valence electrons. The van der Waals surface area contributed by atoms with E-state index in [1.807, 2.05) is 30.3 Å². The number of hydrogen-bond donors (Lipinski definition) is 1. The van der Waals surface area contributed by atoms with Crippen LogP contribution in [0.2, 0.25) is 0 Å². The predicted octanol–water partition coefficient (Wildman–Crippen LogP) is 1.87. The van der Waals surface area contributed by atoms with Gasteiger partial charge in [0, 0.05) is 6.54 Å². The molecule has 0 aliphatic rings. The van der Waals surface area contributed by atoms with Gasteiger partial charge >= 0.3 is 0 Å². The van der Waals surface area contributed by atoms with Crippen molar-refractivity contribution in [1.29, 1.82) is 0 Å². The van der Waals surface area contributed by atoms with Crippen molar-refractivity contribution in [2.45, 2.75) is 0 Å². The number of hydrogen-bond acceptors (Lipinski definition) is 3. The van der Waals surface area contributed by atoms with Crippen molar-refractivity contribution in [1.82, 2.24) is 14.8 Å². The average molecular weight is 200 g/mol. The van der Waals surface area contributed by atoms with Gasteiger partial charge in [0.1, 0.15) is 6.33 Å². The van der Waals surface area contributed by atoms with Crippen LogP contribution >= 0.6 is 0 Å². The second-order valence-corrected chi connectivity index (χ2v) is 3.02. The molecule has 0 amide bonds. The maximum atomic E-state index is 4.26. The van der Waals surface area contributed by atoms with Crippen LogP contribution < -0.4 is 5.32 Å². The number of para-hydroxylation sites is 1. The van der Waals surface area contributed by atoms with Crippen molar-refractivity contribution in [3.05, 3.63) is 49.3 Å². The number of rotatable bonds is 4. The molecule has 0 bridgehead atoms. The standard InChI is InChI=1S/C11H12N4/c1-2-8-12-11-13-9-15(14-11)10-6-4-3-5-7-10/h2-7,9H,1,8H2,(H,12,14). The lowest BCUT2D eigenvalue weighted by Gasteiger charge is -1.98. The van der Waals surface area contributed by atoms with Gasteiger partial charge in [0.05, 0.1) is 5.69 Å². The first-order chi connectivity index (χ1) is 7.40. The smallest absolute Gasteiger partial charge is 0.242 e. The van der Waals surface area contributed by atoms with Crippen LogP contribution in [0, 0.1) is 0 Å². The van der Waals surface area contributed by atoms with Crippen molar-refractivity contribution >= 4 is 5.95 Å². The molecule has 0 unspecified atom stereocenters. The molecular formula is C11H12N4.